The number of aryl methyl sites for hydroxylation is 1. The average molecular weight is 322 g/mol. The van der Waals surface area contributed by atoms with Crippen molar-refractivity contribution in [1.82, 2.24) is 4.57 Å². The summed E-state index contributed by atoms with van der Waals surface area (Å²) in [4.78, 5) is 13.1. The summed E-state index contributed by atoms with van der Waals surface area (Å²) in [5.74, 6) is 1.65. The van der Waals surface area contributed by atoms with Gasteiger partial charge in [-0.1, -0.05) is 0 Å². The second-order valence-electron chi connectivity index (χ2n) is 5.91. The second kappa shape index (κ2) is 5.60. The van der Waals surface area contributed by atoms with E-state index in [0.29, 0.717) is 16.9 Å². The van der Waals surface area contributed by atoms with Crippen molar-refractivity contribution in [1.29, 1.82) is 0 Å². The van der Waals surface area contributed by atoms with Crippen LogP contribution in [0.5, 0.6) is 11.5 Å². The number of aromatic nitrogens is 1. The van der Waals surface area contributed by atoms with Gasteiger partial charge in [0, 0.05) is 24.0 Å². The molecule has 0 saturated carbocycles. The fraction of sp³-hybridized carbons (Fsp3) is 0.211. The lowest BCUT2D eigenvalue weighted by Gasteiger charge is -2.19. The second-order valence-corrected chi connectivity index (χ2v) is 5.91. The van der Waals surface area contributed by atoms with Crippen LogP contribution in [-0.2, 0) is 6.54 Å². The van der Waals surface area contributed by atoms with Crippen molar-refractivity contribution in [3.05, 3.63) is 53.6 Å². The molecule has 24 heavy (non-hydrogen) atoms. The Labute approximate surface area is 139 Å². The summed E-state index contributed by atoms with van der Waals surface area (Å²) >= 11 is 0. The Morgan fingerprint density at radius 1 is 1.21 bits per heavy atom. The quantitative estimate of drug-likeness (QED) is 0.726. The molecule has 0 spiro atoms. The predicted octanol–water partition coefficient (Wildman–Crippen LogP) is 3.40. The van der Waals surface area contributed by atoms with Crippen molar-refractivity contribution < 1.29 is 14.6 Å². The summed E-state index contributed by atoms with van der Waals surface area (Å²) in [6.45, 7) is 1.70. The summed E-state index contributed by atoms with van der Waals surface area (Å²) in [5, 5.41) is 14.0. The molecular formula is C19H18N2O3. The number of methoxy groups -OCH3 is 1. The minimum atomic E-state index is -0.0589. The van der Waals surface area contributed by atoms with Crippen LogP contribution >= 0.6 is 0 Å². The third-order valence-electron chi connectivity index (χ3n) is 4.48. The molecule has 0 atom stereocenters. The molecule has 0 aliphatic carbocycles. The van der Waals surface area contributed by atoms with Gasteiger partial charge in [-0.25, -0.2) is 0 Å². The van der Waals surface area contributed by atoms with Crippen LogP contribution in [0.3, 0.4) is 0 Å². The number of ketones is 1. The number of phenols is 1. The number of anilines is 1. The zero-order valence-electron chi connectivity index (χ0n) is 13.4. The number of hydrogen-bond donors (Lipinski definition) is 2. The number of carbonyl (C=O) groups is 1. The van der Waals surface area contributed by atoms with Gasteiger partial charge in [0.05, 0.1) is 18.2 Å². The van der Waals surface area contributed by atoms with E-state index < -0.39 is 0 Å². The fourth-order valence-electron chi connectivity index (χ4n) is 3.32. The number of nitrogens with one attached hydrogen (secondary N) is 1. The molecule has 1 aliphatic heterocycles. The smallest absolute Gasteiger partial charge is 0.197 e. The number of nitrogens with zero attached hydrogens (tertiary/aromatic N) is 1. The SMILES string of the molecule is COc1ccc(C(=O)c2c3n(c4ccc(O)cc24)CCCN3)cc1. The predicted molar refractivity (Wildman–Crippen MR) is 93.1 cm³/mol. The molecule has 0 unspecified atom stereocenters. The van der Waals surface area contributed by atoms with E-state index >= 15 is 0 Å². The molecular weight excluding hydrogens is 304 g/mol. The molecule has 0 fully saturated rings. The number of rotatable bonds is 3. The van der Waals surface area contributed by atoms with Gasteiger partial charge < -0.3 is 19.7 Å². The first-order valence-electron chi connectivity index (χ1n) is 7.97. The van der Waals surface area contributed by atoms with Gasteiger partial charge >= 0.3 is 0 Å². The van der Waals surface area contributed by atoms with Crippen LogP contribution in [0.1, 0.15) is 22.3 Å². The van der Waals surface area contributed by atoms with Crippen molar-refractivity contribution in [2.75, 3.05) is 19.0 Å². The number of fused-ring (bicyclic) bond motifs is 3. The molecule has 1 aliphatic rings. The number of carbonyl (C=O) groups excluding carboxylic acids is 1. The lowest BCUT2D eigenvalue weighted by molar-refractivity contribution is 0.104. The van der Waals surface area contributed by atoms with Crippen molar-refractivity contribution in [3.8, 4) is 11.5 Å². The number of ether oxygens (including phenoxy) is 1. The topological polar surface area (TPSA) is 63.5 Å². The first-order valence-corrected chi connectivity index (χ1v) is 7.97. The third kappa shape index (κ3) is 2.21. The Kier molecular flexibility index (Phi) is 3.41. The Bertz CT molecular complexity index is 926. The molecule has 2 heterocycles. The monoisotopic (exact) mass is 322 g/mol. The zero-order valence-corrected chi connectivity index (χ0v) is 13.4. The molecule has 0 amide bonds. The summed E-state index contributed by atoms with van der Waals surface area (Å²) in [5.41, 5.74) is 2.18. The van der Waals surface area contributed by atoms with E-state index in [1.165, 1.54) is 0 Å². The minimum absolute atomic E-state index is 0.0589. The first-order chi connectivity index (χ1) is 11.7. The van der Waals surface area contributed by atoms with E-state index in [2.05, 4.69) is 9.88 Å². The van der Waals surface area contributed by atoms with Crippen LogP contribution in [0.25, 0.3) is 10.9 Å². The molecule has 122 valence electrons. The summed E-state index contributed by atoms with van der Waals surface area (Å²) in [7, 11) is 1.60. The summed E-state index contributed by atoms with van der Waals surface area (Å²) in [6, 6.07) is 12.3. The van der Waals surface area contributed by atoms with E-state index in [1.54, 1.807) is 43.5 Å². The summed E-state index contributed by atoms with van der Waals surface area (Å²) < 4.78 is 7.28. The van der Waals surface area contributed by atoms with Crippen molar-refractivity contribution in [2.45, 2.75) is 13.0 Å². The lowest BCUT2D eigenvalue weighted by Crippen LogP contribution is -2.18. The number of aromatic hydroxyl groups is 1. The van der Waals surface area contributed by atoms with Gasteiger partial charge in [0.25, 0.3) is 0 Å². The molecule has 0 radical (unpaired) electrons. The Hall–Kier alpha value is -2.95. The van der Waals surface area contributed by atoms with E-state index in [0.717, 1.165) is 36.2 Å². The van der Waals surface area contributed by atoms with Gasteiger partial charge in [-0.2, -0.15) is 0 Å². The highest BCUT2D eigenvalue weighted by atomic mass is 16.5. The molecule has 0 bridgehead atoms. The standard InChI is InChI=1S/C19H18N2O3/c1-24-14-6-3-12(4-7-14)18(23)17-15-11-13(22)5-8-16(15)21-10-2-9-20-19(17)21/h3-8,11,20,22H,2,9-10H2,1H3. The lowest BCUT2D eigenvalue weighted by atomic mass is 10.0. The van der Waals surface area contributed by atoms with Gasteiger partial charge in [0.15, 0.2) is 5.78 Å². The van der Waals surface area contributed by atoms with Crippen LogP contribution in [0.15, 0.2) is 42.5 Å². The fourth-order valence-corrected chi connectivity index (χ4v) is 3.32. The molecule has 5 nitrogen and oxygen atoms in total. The minimum Gasteiger partial charge on any atom is -0.508 e. The third-order valence-corrected chi connectivity index (χ3v) is 4.48. The molecule has 3 aromatic rings. The van der Waals surface area contributed by atoms with E-state index in [1.807, 2.05) is 6.07 Å². The van der Waals surface area contributed by atoms with Crippen LogP contribution in [0, 0.1) is 0 Å². The van der Waals surface area contributed by atoms with Crippen molar-refractivity contribution >= 4 is 22.5 Å². The molecule has 0 saturated heterocycles. The normalized spacial score (nSPS) is 13.4. The molecule has 5 heteroatoms. The van der Waals surface area contributed by atoms with E-state index in [-0.39, 0.29) is 11.5 Å². The van der Waals surface area contributed by atoms with Crippen molar-refractivity contribution in [2.24, 2.45) is 0 Å². The number of hydrogen-bond acceptors (Lipinski definition) is 4. The van der Waals surface area contributed by atoms with E-state index in [4.69, 9.17) is 4.74 Å². The van der Waals surface area contributed by atoms with Gasteiger partial charge in [-0.05, 0) is 48.9 Å². The van der Waals surface area contributed by atoms with Crippen LogP contribution < -0.4 is 10.1 Å². The van der Waals surface area contributed by atoms with Crippen LogP contribution in [-0.4, -0.2) is 29.1 Å². The van der Waals surface area contributed by atoms with Gasteiger partial charge in [0.1, 0.15) is 17.3 Å². The molecule has 2 N–H and O–H groups in total. The molecule has 1 aromatic heterocycles. The maximum atomic E-state index is 13.1. The highest BCUT2D eigenvalue weighted by Gasteiger charge is 2.25. The summed E-state index contributed by atoms with van der Waals surface area (Å²) in [6.07, 6.45) is 1.01. The largest absolute Gasteiger partial charge is 0.508 e. The maximum absolute atomic E-state index is 13.1. The molecule has 2 aromatic carbocycles. The van der Waals surface area contributed by atoms with E-state index in [9.17, 15) is 9.90 Å². The average Bonchev–Trinajstić information content (AvgIpc) is 2.94. The Morgan fingerprint density at radius 3 is 2.75 bits per heavy atom. The van der Waals surface area contributed by atoms with Crippen molar-refractivity contribution in [3.63, 3.8) is 0 Å². The Morgan fingerprint density at radius 2 is 2.00 bits per heavy atom. The highest BCUT2D eigenvalue weighted by molar-refractivity contribution is 6.20. The number of benzene rings is 2. The van der Waals surface area contributed by atoms with Crippen LogP contribution in [0.2, 0.25) is 0 Å². The number of phenolic OH excluding ortho intramolecular Hbond substituents is 1. The zero-order chi connectivity index (χ0) is 16.7. The van der Waals surface area contributed by atoms with Gasteiger partial charge in [0.2, 0.25) is 0 Å². The van der Waals surface area contributed by atoms with Crippen LogP contribution in [0.4, 0.5) is 5.82 Å². The van der Waals surface area contributed by atoms with Gasteiger partial charge in [-0.3, -0.25) is 4.79 Å². The van der Waals surface area contributed by atoms with Gasteiger partial charge in [-0.15, -0.1) is 0 Å². The highest BCUT2D eigenvalue weighted by Crippen LogP contribution is 2.36. The Balaban J connectivity index is 1.91. The first kappa shape index (κ1) is 14.6. The molecule has 4 rings (SSSR count). The maximum Gasteiger partial charge on any atom is 0.197 e.